The molecule has 2 rings (SSSR count). The zero-order chi connectivity index (χ0) is 26.3. The van der Waals surface area contributed by atoms with E-state index in [0.717, 1.165) is 34.1 Å². The Kier molecular flexibility index (Phi) is 14.1. The SMILES string of the molecule is CCOC(CC(COc1ccc(C(F)(F)F)cc1)CSc1ccc(OC)c(C)c1)OCC.O=C=O. The fraction of sp³-hybridized carbons (Fsp3) is 0.480. The molecule has 0 radical (unpaired) electrons. The topological polar surface area (TPSA) is 71.1 Å². The third kappa shape index (κ3) is 11.6. The third-order valence-electron chi connectivity index (χ3n) is 4.75. The number of alkyl halides is 3. The van der Waals surface area contributed by atoms with E-state index in [-0.39, 0.29) is 18.4 Å². The van der Waals surface area contributed by atoms with Gasteiger partial charge >= 0.3 is 12.3 Å². The van der Waals surface area contributed by atoms with Crippen LogP contribution in [0.4, 0.5) is 13.2 Å². The summed E-state index contributed by atoms with van der Waals surface area (Å²) in [4.78, 5) is 17.4. The van der Waals surface area contributed by atoms with Gasteiger partial charge in [-0.1, -0.05) is 0 Å². The highest BCUT2D eigenvalue weighted by Crippen LogP contribution is 2.31. The molecule has 35 heavy (non-hydrogen) atoms. The first-order valence-electron chi connectivity index (χ1n) is 11.0. The van der Waals surface area contributed by atoms with Crippen molar-refractivity contribution in [3.63, 3.8) is 0 Å². The molecule has 0 bridgehead atoms. The number of rotatable bonds is 13. The molecule has 0 N–H and O–H groups in total. The molecule has 0 saturated carbocycles. The van der Waals surface area contributed by atoms with Crippen LogP contribution in [0.2, 0.25) is 0 Å². The molecule has 1 unspecified atom stereocenters. The maximum absolute atomic E-state index is 12.8. The van der Waals surface area contributed by atoms with Crippen molar-refractivity contribution in [2.24, 2.45) is 5.92 Å². The Morgan fingerprint density at radius 3 is 2.09 bits per heavy atom. The third-order valence-corrected chi connectivity index (χ3v) is 5.98. The van der Waals surface area contributed by atoms with E-state index >= 15 is 0 Å². The van der Waals surface area contributed by atoms with Crippen LogP contribution in [0, 0.1) is 12.8 Å². The fourth-order valence-electron chi connectivity index (χ4n) is 3.12. The number of halogens is 3. The van der Waals surface area contributed by atoms with Gasteiger partial charge in [0.2, 0.25) is 0 Å². The van der Waals surface area contributed by atoms with Crippen LogP contribution >= 0.6 is 11.8 Å². The molecule has 0 amide bonds. The minimum absolute atomic E-state index is 0.0628. The maximum Gasteiger partial charge on any atom is 0.416 e. The normalized spacial score (nSPS) is 11.9. The predicted molar refractivity (Wildman–Crippen MR) is 126 cm³/mol. The van der Waals surface area contributed by atoms with E-state index in [0.29, 0.717) is 32.0 Å². The number of thioether (sulfide) groups is 1. The van der Waals surface area contributed by atoms with E-state index in [1.165, 1.54) is 12.1 Å². The fourth-order valence-corrected chi connectivity index (χ4v) is 4.21. The molecule has 2 aromatic rings. The average molecular weight is 517 g/mol. The Morgan fingerprint density at radius 1 is 1.00 bits per heavy atom. The number of carbonyl (C=O) groups excluding carboxylic acids is 2. The van der Waals surface area contributed by atoms with Crippen molar-refractivity contribution in [2.75, 3.05) is 32.7 Å². The smallest absolute Gasteiger partial charge is 0.416 e. The molecule has 0 spiro atoms. The van der Waals surface area contributed by atoms with Crippen LogP contribution in [0.15, 0.2) is 47.4 Å². The second-order valence-corrected chi connectivity index (χ2v) is 8.39. The summed E-state index contributed by atoms with van der Waals surface area (Å²) < 4.78 is 60.9. The first kappa shape index (κ1) is 30.5. The summed E-state index contributed by atoms with van der Waals surface area (Å²) in [6.07, 6.45) is -3.86. The number of hydrogen-bond donors (Lipinski definition) is 0. The van der Waals surface area contributed by atoms with Gasteiger partial charge in [-0.2, -0.15) is 22.8 Å². The van der Waals surface area contributed by atoms with Gasteiger partial charge in [0.25, 0.3) is 0 Å². The van der Waals surface area contributed by atoms with E-state index in [1.54, 1.807) is 18.9 Å². The quantitative estimate of drug-likeness (QED) is 0.238. The van der Waals surface area contributed by atoms with Crippen LogP contribution in [-0.4, -0.2) is 45.1 Å². The van der Waals surface area contributed by atoms with Crippen LogP contribution in [0.25, 0.3) is 0 Å². The highest BCUT2D eigenvalue weighted by atomic mass is 32.2. The summed E-state index contributed by atoms with van der Waals surface area (Å²) in [6.45, 7) is 7.21. The Morgan fingerprint density at radius 2 is 1.60 bits per heavy atom. The van der Waals surface area contributed by atoms with E-state index in [4.69, 9.17) is 28.5 Å². The molecular weight excluding hydrogens is 485 g/mol. The number of ether oxygens (including phenoxy) is 4. The molecule has 0 heterocycles. The van der Waals surface area contributed by atoms with Crippen molar-refractivity contribution in [1.82, 2.24) is 0 Å². The van der Waals surface area contributed by atoms with Crippen LogP contribution in [0.5, 0.6) is 11.5 Å². The monoisotopic (exact) mass is 516 g/mol. The van der Waals surface area contributed by atoms with Gasteiger partial charge in [0.1, 0.15) is 11.5 Å². The molecule has 0 aliphatic carbocycles. The summed E-state index contributed by atoms with van der Waals surface area (Å²) in [5, 5.41) is 0. The first-order chi connectivity index (χ1) is 16.7. The number of benzene rings is 2. The molecule has 0 aliphatic rings. The standard InChI is InChI=1S/C24H31F3O4S.CO2/c1-5-29-23(30-6-2)14-18(16-32-21-11-12-22(28-4)17(3)13-21)15-31-20-9-7-19(8-10-20)24(25,26)27;2-1-3/h7-13,18,23H,5-6,14-16H2,1-4H3;. The maximum atomic E-state index is 12.8. The van der Waals surface area contributed by atoms with Crippen LogP contribution in [0.1, 0.15) is 31.4 Å². The zero-order valence-corrected chi connectivity index (χ0v) is 21.0. The van der Waals surface area contributed by atoms with Crippen molar-refractivity contribution in [1.29, 1.82) is 0 Å². The summed E-state index contributed by atoms with van der Waals surface area (Å²) in [6, 6.07) is 10.8. The number of aryl methyl sites for hydroxylation is 1. The molecule has 1 atom stereocenters. The minimum Gasteiger partial charge on any atom is -0.496 e. The van der Waals surface area contributed by atoms with E-state index in [9.17, 15) is 13.2 Å². The minimum atomic E-state index is -4.36. The van der Waals surface area contributed by atoms with Gasteiger partial charge < -0.3 is 18.9 Å². The molecule has 10 heteroatoms. The Balaban J connectivity index is 0.00000194. The zero-order valence-electron chi connectivity index (χ0n) is 20.2. The lowest BCUT2D eigenvalue weighted by molar-refractivity contribution is -0.191. The largest absolute Gasteiger partial charge is 0.496 e. The van der Waals surface area contributed by atoms with Crippen molar-refractivity contribution in [3.8, 4) is 11.5 Å². The summed E-state index contributed by atoms with van der Waals surface area (Å²) in [7, 11) is 1.64. The molecule has 0 aliphatic heterocycles. The van der Waals surface area contributed by atoms with Gasteiger partial charge in [0.15, 0.2) is 6.29 Å². The molecule has 0 saturated heterocycles. The predicted octanol–water partition coefficient (Wildman–Crippen LogP) is 6.02. The van der Waals surface area contributed by atoms with E-state index < -0.39 is 11.7 Å². The molecule has 0 aromatic heterocycles. The van der Waals surface area contributed by atoms with E-state index in [1.807, 2.05) is 32.9 Å². The lowest BCUT2D eigenvalue weighted by Gasteiger charge is -2.24. The van der Waals surface area contributed by atoms with E-state index in [2.05, 4.69) is 6.07 Å². The van der Waals surface area contributed by atoms with Crippen molar-refractivity contribution in [3.05, 3.63) is 53.6 Å². The van der Waals surface area contributed by atoms with Gasteiger partial charge in [-0.15, -0.1) is 11.8 Å². The van der Waals surface area contributed by atoms with Crippen LogP contribution < -0.4 is 9.47 Å². The molecule has 194 valence electrons. The van der Waals surface area contributed by atoms with Crippen molar-refractivity contribution < 1.29 is 41.7 Å². The number of methoxy groups -OCH3 is 1. The van der Waals surface area contributed by atoms with Crippen molar-refractivity contribution in [2.45, 2.75) is 44.6 Å². The van der Waals surface area contributed by atoms with Crippen LogP contribution in [0.3, 0.4) is 0 Å². The highest BCUT2D eigenvalue weighted by Gasteiger charge is 2.30. The molecular formula is C25H31F3O6S. The summed E-state index contributed by atoms with van der Waals surface area (Å²) in [5.74, 6) is 2.04. The summed E-state index contributed by atoms with van der Waals surface area (Å²) in [5.41, 5.74) is 0.358. The second kappa shape index (κ2) is 16.2. The Labute approximate surface area is 208 Å². The molecule has 2 aromatic carbocycles. The van der Waals surface area contributed by atoms with Gasteiger partial charge in [-0.05, 0) is 68.8 Å². The lowest BCUT2D eigenvalue weighted by atomic mass is 10.1. The second-order valence-electron chi connectivity index (χ2n) is 7.30. The highest BCUT2D eigenvalue weighted by molar-refractivity contribution is 7.99. The Hall–Kier alpha value is -2.52. The number of hydrogen-bond acceptors (Lipinski definition) is 7. The molecule has 0 fully saturated rings. The summed E-state index contributed by atoms with van der Waals surface area (Å²) >= 11 is 1.69. The Bertz CT molecular complexity index is 893. The first-order valence-corrected chi connectivity index (χ1v) is 12.0. The van der Waals surface area contributed by atoms with Crippen LogP contribution in [-0.2, 0) is 25.2 Å². The van der Waals surface area contributed by atoms with Gasteiger partial charge in [-0.3, -0.25) is 0 Å². The van der Waals surface area contributed by atoms with Gasteiger partial charge in [-0.25, -0.2) is 0 Å². The average Bonchev–Trinajstić information content (AvgIpc) is 2.81. The van der Waals surface area contributed by atoms with Crippen molar-refractivity contribution >= 4 is 17.9 Å². The van der Waals surface area contributed by atoms with Gasteiger partial charge in [0, 0.05) is 36.2 Å². The lowest BCUT2D eigenvalue weighted by Crippen LogP contribution is -2.26. The molecule has 6 nitrogen and oxygen atoms in total. The van der Waals surface area contributed by atoms with Gasteiger partial charge in [0.05, 0.1) is 19.3 Å².